The van der Waals surface area contributed by atoms with Gasteiger partial charge in [-0.15, -0.1) is 0 Å². The standard InChI is InChI=1S/C12H7FOP/c13-9-5-3-7-11-12(9)8-4-1-2-6-10(8)15(11)14/h1-7H/q+1. The van der Waals surface area contributed by atoms with Crippen LogP contribution in [0.1, 0.15) is 0 Å². The van der Waals surface area contributed by atoms with Crippen LogP contribution >= 0.6 is 7.80 Å². The summed E-state index contributed by atoms with van der Waals surface area (Å²) in [5, 5.41) is 1.36. The van der Waals surface area contributed by atoms with E-state index in [2.05, 4.69) is 0 Å². The molecule has 0 fully saturated rings. The smallest absolute Gasteiger partial charge is 0.206 e. The Morgan fingerprint density at radius 3 is 2.53 bits per heavy atom. The third-order valence-corrected chi connectivity index (χ3v) is 4.24. The first-order chi connectivity index (χ1) is 7.29. The van der Waals surface area contributed by atoms with Gasteiger partial charge in [-0.05, 0) is 24.3 Å². The zero-order valence-electron chi connectivity index (χ0n) is 7.77. The van der Waals surface area contributed by atoms with Crippen molar-refractivity contribution in [3.05, 3.63) is 48.3 Å². The van der Waals surface area contributed by atoms with Gasteiger partial charge in [-0.1, -0.05) is 22.8 Å². The van der Waals surface area contributed by atoms with Crippen LogP contribution in [0, 0.1) is 5.82 Å². The molecule has 0 radical (unpaired) electrons. The van der Waals surface area contributed by atoms with Crippen LogP contribution in [-0.2, 0) is 4.57 Å². The Balaban J connectivity index is 2.45. The summed E-state index contributed by atoms with van der Waals surface area (Å²) in [4.78, 5) is 0. The lowest BCUT2D eigenvalue weighted by molar-refractivity contribution is 0.598. The molecule has 1 heterocycles. The van der Waals surface area contributed by atoms with Crippen LogP contribution in [0.2, 0.25) is 0 Å². The second-order valence-corrected chi connectivity index (χ2v) is 5.00. The van der Waals surface area contributed by atoms with Crippen LogP contribution in [-0.4, -0.2) is 0 Å². The van der Waals surface area contributed by atoms with Gasteiger partial charge in [0.1, 0.15) is 5.82 Å². The number of rotatable bonds is 0. The van der Waals surface area contributed by atoms with Crippen LogP contribution in [0.3, 0.4) is 0 Å². The van der Waals surface area contributed by atoms with Gasteiger partial charge in [0.05, 0.1) is 5.56 Å². The fraction of sp³-hybridized carbons (Fsp3) is 0. The van der Waals surface area contributed by atoms with Gasteiger partial charge in [0.15, 0.2) is 0 Å². The van der Waals surface area contributed by atoms with Crippen LogP contribution in [0.5, 0.6) is 0 Å². The van der Waals surface area contributed by atoms with Crippen LogP contribution < -0.4 is 10.6 Å². The molecule has 1 aliphatic rings. The molecule has 0 saturated carbocycles. The minimum absolute atomic E-state index is 0.291. The average molecular weight is 217 g/mol. The maximum Gasteiger partial charge on any atom is 0.416 e. The van der Waals surface area contributed by atoms with E-state index in [1.54, 1.807) is 18.2 Å². The highest BCUT2D eigenvalue weighted by Crippen LogP contribution is 2.38. The Morgan fingerprint density at radius 2 is 1.67 bits per heavy atom. The summed E-state index contributed by atoms with van der Waals surface area (Å²) in [5.74, 6) is -0.291. The zero-order chi connectivity index (χ0) is 10.4. The number of halogens is 1. The van der Waals surface area contributed by atoms with Crippen molar-refractivity contribution in [2.45, 2.75) is 0 Å². The molecule has 0 aromatic heterocycles. The van der Waals surface area contributed by atoms with Gasteiger partial charge in [-0.2, -0.15) is 0 Å². The van der Waals surface area contributed by atoms with Gasteiger partial charge >= 0.3 is 7.80 Å². The van der Waals surface area contributed by atoms with Crippen molar-refractivity contribution in [3.8, 4) is 11.1 Å². The number of fused-ring (bicyclic) bond motifs is 3. The second kappa shape index (κ2) is 2.98. The largest absolute Gasteiger partial charge is 0.416 e. The molecule has 1 atom stereocenters. The molecular formula is C12H7FOP+. The Labute approximate surface area is 87.4 Å². The maximum absolute atomic E-state index is 13.6. The lowest BCUT2D eigenvalue weighted by atomic mass is 10.1. The lowest BCUT2D eigenvalue weighted by Gasteiger charge is -1.95. The van der Waals surface area contributed by atoms with Crippen LogP contribution in [0.25, 0.3) is 11.1 Å². The molecule has 2 aromatic rings. The van der Waals surface area contributed by atoms with Crippen molar-refractivity contribution < 1.29 is 8.96 Å². The predicted molar refractivity (Wildman–Crippen MR) is 58.7 cm³/mol. The van der Waals surface area contributed by atoms with Crippen molar-refractivity contribution in [2.24, 2.45) is 0 Å². The molecule has 3 heteroatoms. The van der Waals surface area contributed by atoms with Crippen molar-refractivity contribution in [2.75, 3.05) is 0 Å². The second-order valence-electron chi connectivity index (χ2n) is 3.45. The molecule has 0 saturated heterocycles. The summed E-state index contributed by atoms with van der Waals surface area (Å²) in [7, 11) is -1.60. The summed E-state index contributed by atoms with van der Waals surface area (Å²) < 4.78 is 25.6. The summed E-state index contributed by atoms with van der Waals surface area (Å²) in [6, 6.07) is 12.0. The molecule has 2 aromatic carbocycles. The van der Waals surface area contributed by atoms with Crippen molar-refractivity contribution >= 4 is 18.4 Å². The first kappa shape index (κ1) is 8.75. The molecule has 0 amide bonds. The zero-order valence-corrected chi connectivity index (χ0v) is 8.67. The first-order valence-corrected chi connectivity index (χ1v) is 5.90. The van der Waals surface area contributed by atoms with E-state index >= 15 is 0 Å². The first-order valence-electron chi connectivity index (χ1n) is 4.64. The molecule has 1 aliphatic heterocycles. The Morgan fingerprint density at radius 1 is 0.933 bits per heavy atom. The summed E-state index contributed by atoms with van der Waals surface area (Å²) in [6.07, 6.45) is 0. The highest BCUT2D eigenvalue weighted by atomic mass is 31.1. The normalized spacial score (nSPS) is 14.9. The highest BCUT2D eigenvalue weighted by molar-refractivity contribution is 7.63. The molecule has 72 valence electrons. The summed E-state index contributed by atoms with van der Waals surface area (Å²) >= 11 is 0. The predicted octanol–water partition coefficient (Wildman–Crippen LogP) is 2.58. The van der Waals surface area contributed by atoms with Crippen LogP contribution in [0.4, 0.5) is 4.39 Å². The van der Waals surface area contributed by atoms with Crippen LogP contribution in [0.15, 0.2) is 42.5 Å². The van der Waals surface area contributed by atoms with E-state index in [0.717, 1.165) is 10.9 Å². The van der Waals surface area contributed by atoms with Crippen molar-refractivity contribution in [3.63, 3.8) is 0 Å². The minimum atomic E-state index is -1.60. The van der Waals surface area contributed by atoms with E-state index in [0.29, 0.717) is 10.9 Å². The summed E-state index contributed by atoms with van der Waals surface area (Å²) in [5.41, 5.74) is 1.28. The molecule has 0 spiro atoms. The Kier molecular flexibility index (Phi) is 1.74. The van der Waals surface area contributed by atoms with E-state index in [1.165, 1.54) is 6.07 Å². The molecule has 0 aliphatic carbocycles. The molecule has 1 unspecified atom stereocenters. The number of benzene rings is 2. The van der Waals surface area contributed by atoms with Gasteiger partial charge < -0.3 is 0 Å². The topological polar surface area (TPSA) is 17.1 Å². The summed E-state index contributed by atoms with van der Waals surface area (Å²) in [6.45, 7) is 0. The molecular weight excluding hydrogens is 210 g/mol. The highest BCUT2D eigenvalue weighted by Gasteiger charge is 2.39. The molecule has 1 nitrogen and oxygen atoms in total. The lowest BCUT2D eigenvalue weighted by Crippen LogP contribution is -1.98. The molecule has 0 N–H and O–H groups in total. The maximum atomic E-state index is 13.6. The fourth-order valence-electron chi connectivity index (χ4n) is 1.94. The van der Waals surface area contributed by atoms with Gasteiger partial charge in [-0.25, -0.2) is 4.39 Å². The van der Waals surface area contributed by atoms with Crippen molar-refractivity contribution in [1.29, 1.82) is 0 Å². The van der Waals surface area contributed by atoms with Gasteiger partial charge in [-0.3, -0.25) is 0 Å². The molecule has 15 heavy (non-hydrogen) atoms. The van der Waals surface area contributed by atoms with E-state index in [-0.39, 0.29) is 5.82 Å². The monoisotopic (exact) mass is 217 g/mol. The van der Waals surface area contributed by atoms with E-state index < -0.39 is 7.80 Å². The number of hydrogen-bond donors (Lipinski definition) is 0. The Hall–Kier alpha value is -1.53. The van der Waals surface area contributed by atoms with E-state index in [9.17, 15) is 8.96 Å². The SMILES string of the molecule is O=[P+]1c2ccccc2-c2c(F)cccc21. The number of hydrogen-bond acceptors (Lipinski definition) is 1. The van der Waals surface area contributed by atoms with Gasteiger partial charge in [0.2, 0.25) is 10.6 Å². The fourth-order valence-corrected chi connectivity index (χ4v) is 3.48. The minimum Gasteiger partial charge on any atom is -0.206 e. The van der Waals surface area contributed by atoms with E-state index in [4.69, 9.17) is 0 Å². The third-order valence-electron chi connectivity index (χ3n) is 2.60. The molecule has 3 rings (SSSR count). The quantitative estimate of drug-likeness (QED) is 0.529. The van der Waals surface area contributed by atoms with Gasteiger partial charge in [0, 0.05) is 5.56 Å². The van der Waals surface area contributed by atoms with Crippen molar-refractivity contribution in [1.82, 2.24) is 0 Å². The molecule has 0 bridgehead atoms. The average Bonchev–Trinajstić information content (AvgIpc) is 2.55. The Bertz CT molecular complexity index is 578. The van der Waals surface area contributed by atoms with Gasteiger partial charge in [0.25, 0.3) is 0 Å². The third kappa shape index (κ3) is 1.09. The van der Waals surface area contributed by atoms with E-state index in [1.807, 2.05) is 18.2 Å².